The van der Waals surface area contributed by atoms with Gasteiger partial charge in [-0.15, -0.1) is 0 Å². The van der Waals surface area contributed by atoms with E-state index in [1.807, 2.05) is 6.07 Å². The molecule has 0 spiro atoms. The van der Waals surface area contributed by atoms with Crippen molar-refractivity contribution < 1.29 is 13.7 Å². The summed E-state index contributed by atoms with van der Waals surface area (Å²) in [6.45, 7) is 1.86. The molecule has 0 radical (unpaired) electrons. The molecule has 18 heavy (non-hydrogen) atoms. The van der Waals surface area contributed by atoms with Gasteiger partial charge >= 0.3 is 0 Å². The lowest BCUT2D eigenvalue weighted by molar-refractivity contribution is 0.172. The van der Waals surface area contributed by atoms with Gasteiger partial charge in [-0.2, -0.15) is 0 Å². The summed E-state index contributed by atoms with van der Waals surface area (Å²) in [7, 11) is -0.747. The highest BCUT2D eigenvalue weighted by Gasteiger charge is 2.14. The summed E-state index contributed by atoms with van der Waals surface area (Å²) >= 11 is 0. The number of nitrogens with two attached hydrogens (primary N) is 1. The molecular formula is C12H18N2O3S. The lowest BCUT2D eigenvalue weighted by atomic mass is 10.2. The van der Waals surface area contributed by atoms with Gasteiger partial charge in [0.1, 0.15) is 13.2 Å². The van der Waals surface area contributed by atoms with Crippen LogP contribution >= 0.6 is 0 Å². The molecule has 2 rings (SSSR count). The fourth-order valence-corrected chi connectivity index (χ4v) is 2.31. The van der Waals surface area contributed by atoms with E-state index >= 15 is 0 Å². The molecule has 1 atom stereocenters. The monoisotopic (exact) mass is 270 g/mol. The summed E-state index contributed by atoms with van der Waals surface area (Å²) < 4.78 is 21.9. The van der Waals surface area contributed by atoms with Crippen molar-refractivity contribution >= 4 is 22.2 Å². The molecule has 0 aliphatic carbocycles. The zero-order valence-electron chi connectivity index (χ0n) is 10.4. The van der Waals surface area contributed by atoms with Gasteiger partial charge in [0.15, 0.2) is 11.5 Å². The molecule has 1 unspecified atom stereocenters. The van der Waals surface area contributed by atoms with E-state index in [1.165, 1.54) is 0 Å². The van der Waals surface area contributed by atoms with Gasteiger partial charge in [-0.05, 0) is 6.42 Å². The predicted octanol–water partition coefficient (Wildman–Crippen LogP) is 1.22. The van der Waals surface area contributed by atoms with Gasteiger partial charge in [0.2, 0.25) is 0 Å². The Hall–Kier alpha value is -1.43. The summed E-state index contributed by atoms with van der Waals surface area (Å²) in [6, 6.07) is 3.63. The van der Waals surface area contributed by atoms with Crippen LogP contribution < -0.4 is 20.5 Å². The number of nitrogens with one attached hydrogen (secondary N) is 1. The number of fused-ring (bicyclic) bond motifs is 1. The van der Waals surface area contributed by atoms with Crippen molar-refractivity contribution in [3.05, 3.63) is 12.1 Å². The summed E-state index contributed by atoms with van der Waals surface area (Å²) in [6.07, 6.45) is 2.55. The van der Waals surface area contributed by atoms with E-state index in [2.05, 4.69) is 5.32 Å². The van der Waals surface area contributed by atoms with Crippen molar-refractivity contribution in [2.45, 2.75) is 6.42 Å². The zero-order valence-corrected chi connectivity index (χ0v) is 11.2. The van der Waals surface area contributed by atoms with Crippen molar-refractivity contribution in [3.8, 4) is 11.5 Å². The lowest BCUT2D eigenvalue weighted by Gasteiger charge is -2.20. The standard InChI is InChI=1S/C12H18N2O3S/c1-18(15)6-2-3-14-10-8-12-11(7-9(10)13)16-4-5-17-12/h7-8,14H,2-6,13H2,1H3. The summed E-state index contributed by atoms with van der Waals surface area (Å²) in [5.74, 6) is 2.10. The first-order valence-electron chi connectivity index (χ1n) is 5.90. The SMILES string of the molecule is CS(=O)CCCNc1cc2c(cc1N)OCCO2. The van der Waals surface area contributed by atoms with Gasteiger partial charge in [-0.3, -0.25) is 4.21 Å². The zero-order chi connectivity index (χ0) is 13.0. The second-order valence-electron chi connectivity index (χ2n) is 4.14. The van der Waals surface area contributed by atoms with Gasteiger partial charge in [0, 0.05) is 41.5 Å². The molecule has 5 nitrogen and oxygen atoms in total. The topological polar surface area (TPSA) is 73.6 Å². The Balaban J connectivity index is 1.97. The second-order valence-corrected chi connectivity index (χ2v) is 5.70. The van der Waals surface area contributed by atoms with Crippen LogP contribution in [0.15, 0.2) is 12.1 Å². The fourth-order valence-electron chi connectivity index (χ4n) is 1.76. The van der Waals surface area contributed by atoms with Crippen LogP contribution in [0.2, 0.25) is 0 Å². The highest BCUT2D eigenvalue weighted by Crippen LogP contribution is 2.36. The molecule has 0 aromatic heterocycles. The third-order valence-electron chi connectivity index (χ3n) is 2.64. The largest absolute Gasteiger partial charge is 0.486 e. The minimum absolute atomic E-state index is 0.557. The molecule has 6 heteroatoms. The maximum absolute atomic E-state index is 10.9. The Morgan fingerprint density at radius 1 is 1.33 bits per heavy atom. The van der Waals surface area contributed by atoms with Crippen molar-refractivity contribution in [2.24, 2.45) is 0 Å². The van der Waals surface area contributed by atoms with Crippen LogP contribution in [0.25, 0.3) is 0 Å². The van der Waals surface area contributed by atoms with Crippen LogP contribution in [-0.2, 0) is 10.8 Å². The number of anilines is 2. The average Bonchev–Trinajstić information content (AvgIpc) is 2.34. The van der Waals surface area contributed by atoms with Crippen LogP contribution in [0.4, 0.5) is 11.4 Å². The minimum atomic E-state index is -0.747. The van der Waals surface area contributed by atoms with E-state index in [4.69, 9.17) is 15.2 Å². The molecule has 0 fully saturated rings. The number of hydrogen-bond acceptors (Lipinski definition) is 5. The minimum Gasteiger partial charge on any atom is -0.486 e. The Labute approximate surface area is 109 Å². The van der Waals surface area contributed by atoms with E-state index in [0.717, 1.165) is 24.4 Å². The molecule has 1 aromatic carbocycles. The van der Waals surface area contributed by atoms with Gasteiger partial charge in [-0.1, -0.05) is 0 Å². The number of hydrogen-bond donors (Lipinski definition) is 2. The van der Waals surface area contributed by atoms with Crippen LogP contribution in [0.5, 0.6) is 11.5 Å². The van der Waals surface area contributed by atoms with Crippen molar-refractivity contribution in [1.29, 1.82) is 0 Å². The van der Waals surface area contributed by atoms with E-state index in [1.54, 1.807) is 12.3 Å². The summed E-state index contributed by atoms with van der Waals surface area (Å²) in [4.78, 5) is 0. The predicted molar refractivity (Wildman–Crippen MR) is 73.9 cm³/mol. The van der Waals surface area contributed by atoms with Crippen LogP contribution in [0, 0.1) is 0 Å². The van der Waals surface area contributed by atoms with Crippen LogP contribution in [0.1, 0.15) is 6.42 Å². The fraction of sp³-hybridized carbons (Fsp3) is 0.500. The van der Waals surface area contributed by atoms with Crippen LogP contribution in [0.3, 0.4) is 0 Å². The maximum Gasteiger partial charge on any atom is 0.163 e. The number of ether oxygens (including phenoxy) is 2. The Morgan fingerprint density at radius 2 is 2.00 bits per heavy atom. The smallest absolute Gasteiger partial charge is 0.163 e. The average molecular weight is 270 g/mol. The molecule has 1 aliphatic rings. The van der Waals surface area contributed by atoms with E-state index in [0.29, 0.717) is 30.4 Å². The van der Waals surface area contributed by atoms with Crippen LogP contribution in [-0.4, -0.2) is 36.0 Å². The van der Waals surface area contributed by atoms with Gasteiger partial charge in [-0.25, -0.2) is 0 Å². The molecule has 1 heterocycles. The third kappa shape index (κ3) is 3.29. The van der Waals surface area contributed by atoms with Crippen molar-refractivity contribution in [1.82, 2.24) is 0 Å². The molecule has 1 aliphatic heterocycles. The van der Waals surface area contributed by atoms with Crippen molar-refractivity contribution in [2.75, 3.05) is 42.8 Å². The third-order valence-corrected chi connectivity index (χ3v) is 3.50. The maximum atomic E-state index is 10.9. The quantitative estimate of drug-likeness (QED) is 0.621. The normalized spacial score (nSPS) is 15.2. The van der Waals surface area contributed by atoms with Gasteiger partial charge in [0.25, 0.3) is 0 Å². The molecule has 0 bridgehead atoms. The first-order chi connectivity index (χ1) is 8.66. The molecule has 100 valence electrons. The summed E-state index contributed by atoms with van der Waals surface area (Å²) in [5, 5.41) is 3.22. The lowest BCUT2D eigenvalue weighted by Crippen LogP contribution is -2.16. The van der Waals surface area contributed by atoms with E-state index in [-0.39, 0.29) is 0 Å². The molecule has 1 aromatic rings. The number of benzene rings is 1. The Bertz CT molecular complexity index is 451. The van der Waals surface area contributed by atoms with Gasteiger partial charge in [0.05, 0.1) is 11.4 Å². The number of nitrogen functional groups attached to an aromatic ring is 1. The Kier molecular flexibility index (Phi) is 4.30. The van der Waals surface area contributed by atoms with E-state index in [9.17, 15) is 4.21 Å². The van der Waals surface area contributed by atoms with E-state index < -0.39 is 10.8 Å². The first kappa shape index (κ1) is 13.0. The highest BCUT2D eigenvalue weighted by molar-refractivity contribution is 7.84. The second kappa shape index (κ2) is 5.95. The molecule has 0 saturated carbocycles. The number of rotatable bonds is 5. The highest BCUT2D eigenvalue weighted by atomic mass is 32.2. The molecule has 0 amide bonds. The molecule has 3 N–H and O–H groups in total. The Morgan fingerprint density at radius 3 is 2.67 bits per heavy atom. The van der Waals surface area contributed by atoms with Crippen molar-refractivity contribution in [3.63, 3.8) is 0 Å². The van der Waals surface area contributed by atoms with Gasteiger partial charge < -0.3 is 20.5 Å². The first-order valence-corrected chi connectivity index (χ1v) is 7.62. The molecule has 0 saturated heterocycles. The molecular weight excluding hydrogens is 252 g/mol. The summed E-state index contributed by atoms with van der Waals surface area (Å²) in [5.41, 5.74) is 7.40.